The van der Waals surface area contributed by atoms with E-state index in [1.54, 1.807) is 18.0 Å². The molecule has 0 unspecified atom stereocenters. The van der Waals surface area contributed by atoms with Crippen LogP contribution in [0, 0.1) is 0 Å². The molecule has 2 aromatic heterocycles. The van der Waals surface area contributed by atoms with Gasteiger partial charge in [0.25, 0.3) is 0 Å². The zero-order valence-electron chi connectivity index (χ0n) is 12.8. The smallest absolute Gasteiger partial charge is 0.191 e. The molecular formula is C18H18N4S. The third kappa shape index (κ3) is 3.45. The molecule has 1 aliphatic rings. The van der Waals surface area contributed by atoms with E-state index in [-0.39, 0.29) is 0 Å². The van der Waals surface area contributed by atoms with Crippen molar-refractivity contribution in [1.82, 2.24) is 19.7 Å². The van der Waals surface area contributed by atoms with Crippen LogP contribution in [0.5, 0.6) is 0 Å². The van der Waals surface area contributed by atoms with E-state index >= 15 is 0 Å². The zero-order valence-corrected chi connectivity index (χ0v) is 13.6. The average molecular weight is 322 g/mol. The Kier molecular flexibility index (Phi) is 4.11. The van der Waals surface area contributed by atoms with E-state index in [0.717, 1.165) is 23.3 Å². The van der Waals surface area contributed by atoms with Crippen molar-refractivity contribution in [2.75, 3.05) is 0 Å². The molecule has 116 valence electrons. The summed E-state index contributed by atoms with van der Waals surface area (Å²) in [6.07, 6.45) is 6.18. The molecule has 0 atom stereocenters. The number of rotatable bonds is 6. The fourth-order valence-electron chi connectivity index (χ4n) is 2.60. The van der Waals surface area contributed by atoms with Crippen LogP contribution in [-0.4, -0.2) is 19.7 Å². The van der Waals surface area contributed by atoms with E-state index in [1.807, 2.05) is 12.3 Å². The molecule has 1 fully saturated rings. The second-order valence-electron chi connectivity index (χ2n) is 5.84. The van der Waals surface area contributed by atoms with Gasteiger partial charge in [-0.05, 0) is 30.0 Å². The highest BCUT2D eigenvalue weighted by molar-refractivity contribution is 7.98. The highest BCUT2D eigenvalue weighted by atomic mass is 32.2. The Morgan fingerprint density at radius 2 is 1.83 bits per heavy atom. The molecule has 0 saturated heterocycles. The maximum Gasteiger partial charge on any atom is 0.191 e. The number of thioether (sulfide) groups is 1. The topological polar surface area (TPSA) is 43.6 Å². The van der Waals surface area contributed by atoms with Crippen molar-refractivity contribution in [3.8, 4) is 0 Å². The quantitative estimate of drug-likeness (QED) is 0.646. The van der Waals surface area contributed by atoms with Crippen molar-refractivity contribution in [3.63, 3.8) is 0 Å². The van der Waals surface area contributed by atoms with Gasteiger partial charge < -0.3 is 4.57 Å². The molecule has 1 saturated carbocycles. The zero-order chi connectivity index (χ0) is 15.5. The van der Waals surface area contributed by atoms with Crippen LogP contribution in [0.25, 0.3) is 0 Å². The van der Waals surface area contributed by atoms with Gasteiger partial charge in [-0.1, -0.05) is 48.2 Å². The van der Waals surface area contributed by atoms with Gasteiger partial charge >= 0.3 is 0 Å². The highest BCUT2D eigenvalue weighted by Crippen LogP contribution is 2.40. The summed E-state index contributed by atoms with van der Waals surface area (Å²) >= 11 is 1.73. The Morgan fingerprint density at radius 1 is 1.00 bits per heavy atom. The van der Waals surface area contributed by atoms with Gasteiger partial charge in [0.1, 0.15) is 5.82 Å². The van der Waals surface area contributed by atoms with Crippen LogP contribution < -0.4 is 0 Å². The van der Waals surface area contributed by atoms with Crippen molar-refractivity contribution >= 4 is 11.8 Å². The third-order valence-corrected chi connectivity index (χ3v) is 5.00. The number of aromatic nitrogens is 4. The maximum atomic E-state index is 4.46. The first kappa shape index (κ1) is 14.5. The lowest BCUT2D eigenvalue weighted by molar-refractivity contribution is 0.667. The van der Waals surface area contributed by atoms with Crippen LogP contribution in [-0.2, 0) is 12.3 Å². The van der Waals surface area contributed by atoms with E-state index in [0.29, 0.717) is 5.92 Å². The molecule has 4 nitrogen and oxygen atoms in total. The summed E-state index contributed by atoms with van der Waals surface area (Å²) in [5, 5.41) is 9.91. The second kappa shape index (κ2) is 6.54. The van der Waals surface area contributed by atoms with Crippen molar-refractivity contribution in [2.24, 2.45) is 0 Å². The molecule has 5 heteroatoms. The van der Waals surface area contributed by atoms with Gasteiger partial charge in [-0.25, -0.2) is 0 Å². The number of hydrogen-bond acceptors (Lipinski definition) is 4. The minimum absolute atomic E-state index is 0.596. The van der Waals surface area contributed by atoms with Gasteiger partial charge in [-0.15, -0.1) is 10.2 Å². The minimum Gasteiger partial charge on any atom is -0.301 e. The largest absolute Gasteiger partial charge is 0.301 e. The lowest BCUT2D eigenvalue weighted by atomic mass is 10.2. The van der Waals surface area contributed by atoms with E-state index in [4.69, 9.17) is 0 Å². The van der Waals surface area contributed by atoms with Crippen molar-refractivity contribution < 1.29 is 0 Å². The number of pyridine rings is 1. The summed E-state index contributed by atoms with van der Waals surface area (Å²) in [4.78, 5) is 4.17. The summed E-state index contributed by atoms with van der Waals surface area (Å²) in [7, 11) is 0. The molecule has 0 aliphatic heterocycles. The number of nitrogens with zero attached hydrogens (tertiary/aromatic N) is 4. The molecule has 0 radical (unpaired) electrons. The molecule has 23 heavy (non-hydrogen) atoms. The predicted octanol–water partition coefficient (Wildman–Crippen LogP) is 3.89. The lowest BCUT2D eigenvalue weighted by Crippen LogP contribution is -2.06. The van der Waals surface area contributed by atoms with Crippen LogP contribution in [0.1, 0.15) is 35.7 Å². The maximum absolute atomic E-state index is 4.46. The SMILES string of the molecule is c1ccc(Cn2c(SCc3cccnc3)nnc2C2CC2)cc1. The van der Waals surface area contributed by atoms with Gasteiger partial charge in [-0.3, -0.25) is 4.98 Å². The number of benzene rings is 1. The summed E-state index contributed by atoms with van der Waals surface area (Å²) in [6, 6.07) is 14.6. The highest BCUT2D eigenvalue weighted by Gasteiger charge is 2.30. The second-order valence-corrected chi connectivity index (χ2v) is 6.78. The van der Waals surface area contributed by atoms with Gasteiger partial charge in [0.05, 0.1) is 6.54 Å². The first-order valence-electron chi connectivity index (χ1n) is 7.89. The fraction of sp³-hybridized carbons (Fsp3) is 0.278. The van der Waals surface area contributed by atoms with E-state index in [9.17, 15) is 0 Å². The van der Waals surface area contributed by atoms with Crippen molar-refractivity contribution in [2.45, 2.75) is 36.2 Å². The van der Waals surface area contributed by atoms with Gasteiger partial charge in [-0.2, -0.15) is 0 Å². The standard InChI is InChI=1S/C18H18N4S/c1-2-5-14(6-3-1)12-22-17(16-8-9-16)20-21-18(22)23-13-15-7-4-10-19-11-15/h1-7,10-11,16H,8-9,12-13H2. The van der Waals surface area contributed by atoms with Crippen LogP contribution >= 0.6 is 11.8 Å². The van der Waals surface area contributed by atoms with Crippen molar-refractivity contribution in [1.29, 1.82) is 0 Å². The van der Waals surface area contributed by atoms with E-state index in [1.165, 1.54) is 24.0 Å². The Bertz CT molecular complexity index is 766. The molecule has 2 heterocycles. The third-order valence-electron chi connectivity index (χ3n) is 3.96. The Hall–Kier alpha value is -2.14. The molecule has 0 spiro atoms. The summed E-state index contributed by atoms with van der Waals surface area (Å²) in [5.74, 6) is 2.60. The number of hydrogen-bond donors (Lipinski definition) is 0. The monoisotopic (exact) mass is 322 g/mol. The summed E-state index contributed by atoms with van der Waals surface area (Å²) < 4.78 is 2.29. The predicted molar refractivity (Wildman–Crippen MR) is 91.3 cm³/mol. The molecule has 4 rings (SSSR count). The van der Waals surface area contributed by atoms with Gasteiger partial charge in [0.15, 0.2) is 5.16 Å². The van der Waals surface area contributed by atoms with E-state index in [2.05, 4.69) is 56.1 Å². The van der Waals surface area contributed by atoms with Crippen molar-refractivity contribution in [3.05, 3.63) is 71.8 Å². The molecule has 1 aromatic carbocycles. The van der Waals surface area contributed by atoms with Crippen LogP contribution in [0.15, 0.2) is 60.0 Å². The van der Waals surface area contributed by atoms with Crippen LogP contribution in [0.4, 0.5) is 0 Å². The first-order chi connectivity index (χ1) is 11.4. The Labute approximate surface area is 140 Å². The molecule has 0 amide bonds. The van der Waals surface area contributed by atoms with Crippen LogP contribution in [0.3, 0.4) is 0 Å². The molecule has 3 aromatic rings. The van der Waals surface area contributed by atoms with E-state index < -0.39 is 0 Å². The molecule has 1 aliphatic carbocycles. The minimum atomic E-state index is 0.596. The molecule has 0 bridgehead atoms. The lowest BCUT2D eigenvalue weighted by Gasteiger charge is -2.10. The first-order valence-corrected chi connectivity index (χ1v) is 8.87. The Morgan fingerprint density at radius 3 is 2.57 bits per heavy atom. The molecular weight excluding hydrogens is 304 g/mol. The summed E-state index contributed by atoms with van der Waals surface area (Å²) in [6.45, 7) is 0.842. The van der Waals surface area contributed by atoms with Gasteiger partial charge in [0.2, 0.25) is 0 Å². The Balaban J connectivity index is 1.56. The molecule has 0 N–H and O–H groups in total. The normalized spacial score (nSPS) is 14.1. The average Bonchev–Trinajstić information content (AvgIpc) is 3.37. The summed E-state index contributed by atoms with van der Waals surface area (Å²) in [5.41, 5.74) is 2.50. The van der Waals surface area contributed by atoms with Gasteiger partial charge in [0, 0.05) is 24.1 Å². The van der Waals surface area contributed by atoms with Crippen LogP contribution in [0.2, 0.25) is 0 Å². The fourth-order valence-corrected chi connectivity index (χ4v) is 3.48.